The monoisotopic (exact) mass is 428 g/mol. The lowest BCUT2D eigenvalue weighted by Gasteiger charge is -2.08. The number of halogens is 3. The minimum Gasteiger partial charge on any atom is -0.457 e. The Morgan fingerprint density at radius 3 is 2.12 bits per heavy atom. The van der Waals surface area contributed by atoms with Gasteiger partial charge in [0.05, 0.1) is 5.57 Å². The lowest BCUT2D eigenvalue weighted by atomic mass is 9.96. The lowest BCUT2D eigenvalue weighted by Crippen LogP contribution is -2.06. The minimum absolute atomic E-state index is 0.0613. The summed E-state index contributed by atoms with van der Waals surface area (Å²) in [6, 6.07) is 8.58. The summed E-state index contributed by atoms with van der Waals surface area (Å²) in [6.45, 7) is -0.151. The van der Waals surface area contributed by atoms with E-state index in [1.54, 1.807) is 24.3 Å². The molecule has 2 aromatic carbocycles. The van der Waals surface area contributed by atoms with Gasteiger partial charge >= 0.3 is 5.97 Å². The molecule has 0 bridgehead atoms. The van der Waals surface area contributed by atoms with Crippen LogP contribution in [0.15, 0.2) is 45.8 Å². The van der Waals surface area contributed by atoms with E-state index in [0.717, 1.165) is 22.9 Å². The second-order valence-corrected chi connectivity index (χ2v) is 8.35. The van der Waals surface area contributed by atoms with E-state index < -0.39 is 32.3 Å². The first-order valence-electron chi connectivity index (χ1n) is 7.04. The molecule has 4 nitrogen and oxygen atoms in total. The second-order valence-electron chi connectivity index (χ2n) is 5.48. The van der Waals surface area contributed by atoms with Gasteiger partial charge in [-0.1, -0.05) is 28.1 Å². The number of ether oxygens (including phenoxy) is 1. The fraction of sp³-hybridized carbons (Fsp3) is 0.118. The van der Waals surface area contributed by atoms with Gasteiger partial charge in [0.2, 0.25) is 0 Å². The van der Waals surface area contributed by atoms with Gasteiger partial charge in [0.1, 0.15) is 23.1 Å². The van der Waals surface area contributed by atoms with Gasteiger partial charge in [-0.3, -0.25) is 0 Å². The molecule has 0 radical (unpaired) electrons. The number of hydrogen-bond donors (Lipinski definition) is 0. The van der Waals surface area contributed by atoms with Crippen molar-refractivity contribution in [1.29, 1.82) is 0 Å². The number of sulfone groups is 1. The summed E-state index contributed by atoms with van der Waals surface area (Å²) >= 11 is 3.29. The van der Waals surface area contributed by atoms with Gasteiger partial charge < -0.3 is 4.74 Å². The van der Waals surface area contributed by atoms with Crippen molar-refractivity contribution in [3.63, 3.8) is 0 Å². The largest absolute Gasteiger partial charge is 0.457 e. The standard InChI is InChI=1S/C17H11BrF2O4S/c1-25(22,23)16-13(19)6-10(7-14(16)20)12-8-24-17(21)15(12)9-2-4-11(18)5-3-9/h2-7H,8H2,1H3. The van der Waals surface area contributed by atoms with E-state index in [4.69, 9.17) is 4.74 Å². The van der Waals surface area contributed by atoms with Gasteiger partial charge in [-0.15, -0.1) is 0 Å². The zero-order valence-electron chi connectivity index (χ0n) is 12.8. The molecule has 0 unspecified atom stereocenters. The summed E-state index contributed by atoms with van der Waals surface area (Å²) in [6.07, 6.45) is 0.725. The van der Waals surface area contributed by atoms with Crippen LogP contribution in [0.3, 0.4) is 0 Å². The first-order chi connectivity index (χ1) is 11.7. The SMILES string of the molecule is CS(=O)(=O)c1c(F)cc(C2=C(c3ccc(Br)cc3)C(=O)OC2)cc1F. The number of hydrogen-bond acceptors (Lipinski definition) is 4. The zero-order chi connectivity index (χ0) is 18.4. The molecular weight excluding hydrogens is 418 g/mol. The molecule has 2 aromatic rings. The Kier molecular flexibility index (Phi) is 4.51. The summed E-state index contributed by atoms with van der Waals surface area (Å²) in [5, 5.41) is 0. The summed E-state index contributed by atoms with van der Waals surface area (Å²) in [5.74, 6) is -3.02. The third kappa shape index (κ3) is 3.36. The highest BCUT2D eigenvalue weighted by atomic mass is 79.9. The highest BCUT2D eigenvalue weighted by molar-refractivity contribution is 9.10. The molecule has 0 amide bonds. The highest BCUT2D eigenvalue weighted by Crippen LogP contribution is 2.35. The molecule has 0 saturated heterocycles. The van der Waals surface area contributed by atoms with Crippen LogP contribution in [0.25, 0.3) is 11.1 Å². The molecule has 0 N–H and O–H groups in total. The van der Waals surface area contributed by atoms with Crippen molar-refractivity contribution < 1.29 is 26.7 Å². The Morgan fingerprint density at radius 2 is 1.60 bits per heavy atom. The lowest BCUT2D eigenvalue weighted by molar-refractivity contribution is -0.133. The third-order valence-electron chi connectivity index (χ3n) is 3.70. The number of cyclic esters (lactones) is 1. The third-order valence-corrected chi connectivity index (χ3v) is 5.36. The summed E-state index contributed by atoms with van der Waals surface area (Å²) < 4.78 is 57.1. The van der Waals surface area contributed by atoms with Crippen molar-refractivity contribution in [2.24, 2.45) is 0 Å². The first kappa shape index (κ1) is 17.8. The molecule has 130 valence electrons. The Balaban J connectivity index is 2.20. The van der Waals surface area contributed by atoms with E-state index in [1.165, 1.54) is 0 Å². The molecule has 0 atom stereocenters. The highest BCUT2D eigenvalue weighted by Gasteiger charge is 2.29. The Bertz CT molecular complexity index is 988. The molecule has 3 rings (SSSR count). The van der Waals surface area contributed by atoms with Crippen LogP contribution in [0, 0.1) is 11.6 Å². The van der Waals surface area contributed by atoms with E-state index in [2.05, 4.69) is 15.9 Å². The molecular formula is C17H11BrF2O4S. The number of esters is 1. The summed E-state index contributed by atoms with van der Waals surface area (Å²) in [5.41, 5.74) is 1.09. The van der Waals surface area contributed by atoms with E-state index in [9.17, 15) is 22.0 Å². The molecule has 1 aliphatic rings. The maximum atomic E-state index is 14.2. The van der Waals surface area contributed by atoms with Crippen molar-refractivity contribution in [2.45, 2.75) is 4.90 Å². The molecule has 25 heavy (non-hydrogen) atoms. The van der Waals surface area contributed by atoms with Crippen LogP contribution >= 0.6 is 15.9 Å². The summed E-state index contributed by atoms with van der Waals surface area (Å²) in [7, 11) is -4.06. The van der Waals surface area contributed by atoms with Crippen LogP contribution in [-0.2, 0) is 19.4 Å². The number of rotatable bonds is 3. The maximum Gasteiger partial charge on any atom is 0.339 e. The fourth-order valence-corrected chi connectivity index (χ4v) is 3.72. The number of carbonyl (C=O) groups excluding carboxylic acids is 1. The van der Waals surface area contributed by atoms with E-state index >= 15 is 0 Å². The Hall–Kier alpha value is -2.06. The van der Waals surface area contributed by atoms with E-state index in [-0.39, 0.29) is 17.7 Å². The molecule has 1 aliphatic heterocycles. The van der Waals surface area contributed by atoms with Gasteiger partial charge in [0.15, 0.2) is 9.84 Å². The van der Waals surface area contributed by atoms with Crippen molar-refractivity contribution in [3.05, 3.63) is 63.6 Å². The van der Waals surface area contributed by atoms with Crippen LogP contribution in [0.5, 0.6) is 0 Å². The van der Waals surface area contributed by atoms with Gasteiger partial charge in [-0.2, -0.15) is 0 Å². The van der Waals surface area contributed by atoms with Crippen LogP contribution in [0.4, 0.5) is 8.78 Å². The molecule has 0 saturated carbocycles. The molecule has 0 aliphatic carbocycles. The van der Waals surface area contributed by atoms with Crippen molar-refractivity contribution in [1.82, 2.24) is 0 Å². The molecule has 0 spiro atoms. The summed E-state index contributed by atoms with van der Waals surface area (Å²) in [4.78, 5) is 11.1. The van der Waals surface area contributed by atoms with Gasteiger partial charge in [0, 0.05) is 16.3 Å². The maximum absolute atomic E-state index is 14.2. The normalized spacial score (nSPS) is 14.8. The predicted molar refractivity (Wildman–Crippen MR) is 91.4 cm³/mol. The van der Waals surface area contributed by atoms with E-state index in [0.29, 0.717) is 11.1 Å². The fourth-order valence-electron chi connectivity index (χ4n) is 2.63. The second kappa shape index (κ2) is 6.34. The smallest absolute Gasteiger partial charge is 0.339 e. The predicted octanol–water partition coefficient (Wildman–Crippen LogP) is 3.60. The van der Waals surface area contributed by atoms with Gasteiger partial charge in [-0.25, -0.2) is 22.0 Å². The Morgan fingerprint density at radius 1 is 1.04 bits per heavy atom. The van der Waals surface area contributed by atoms with Gasteiger partial charge in [-0.05, 0) is 35.4 Å². The average Bonchev–Trinajstić information content (AvgIpc) is 2.87. The molecule has 0 fully saturated rings. The van der Waals surface area contributed by atoms with Crippen LogP contribution in [0.2, 0.25) is 0 Å². The van der Waals surface area contributed by atoms with Crippen LogP contribution in [-0.4, -0.2) is 27.2 Å². The van der Waals surface area contributed by atoms with Crippen molar-refractivity contribution >= 4 is 42.9 Å². The molecule has 0 aromatic heterocycles. The van der Waals surface area contributed by atoms with Crippen LogP contribution < -0.4 is 0 Å². The number of carbonyl (C=O) groups is 1. The van der Waals surface area contributed by atoms with E-state index in [1.807, 2.05) is 0 Å². The molecule has 1 heterocycles. The van der Waals surface area contributed by atoms with Crippen molar-refractivity contribution in [2.75, 3.05) is 12.9 Å². The minimum atomic E-state index is -4.06. The topological polar surface area (TPSA) is 60.4 Å². The van der Waals surface area contributed by atoms with Crippen molar-refractivity contribution in [3.8, 4) is 0 Å². The average molecular weight is 429 g/mol. The van der Waals surface area contributed by atoms with Crippen LogP contribution in [0.1, 0.15) is 11.1 Å². The van der Waals surface area contributed by atoms with Gasteiger partial charge in [0.25, 0.3) is 0 Å². The quantitative estimate of drug-likeness (QED) is 0.700. The Labute approximate surface area is 151 Å². The number of benzene rings is 2. The molecule has 8 heteroatoms. The zero-order valence-corrected chi connectivity index (χ0v) is 15.2. The first-order valence-corrected chi connectivity index (χ1v) is 9.72.